The van der Waals surface area contributed by atoms with Crippen molar-refractivity contribution in [3.8, 4) is 11.8 Å². The Labute approximate surface area is 156 Å². The van der Waals surface area contributed by atoms with E-state index < -0.39 is 6.04 Å². The maximum atomic E-state index is 12.4. The van der Waals surface area contributed by atoms with Crippen molar-refractivity contribution in [2.24, 2.45) is 0 Å². The van der Waals surface area contributed by atoms with Crippen LogP contribution in [0.4, 0.5) is 0 Å². The molecule has 6 nitrogen and oxygen atoms in total. The fourth-order valence-electron chi connectivity index (χ4n) is 2.61. The number of morpholine rings is 1. The van der Waals surface area contributed by atoms with Crippen molar-refractivity contribution in [3.63, 3.8) is 0 Å². The third-order valence-electron chi connectivity index (χ3n) is 3.93. The van der Waals surface area contributed by atoms with Gasteiger partial charge in [0.15, 0.2) is 0 Å². The zero-order chi connectivity index (χ0) is 18.4. The molecule has 0 N–H and O–H groups in total. The lowest BCUT2D eigenvalue weighted by Gasteiger charge is -2.30. The minimum absolute atomic E-state index is 0.204. The number of aryl methyl sites for hydroxylation is 1. The van der Waals surface area contributed by atoms with Gasteiger partial charge in [0, 0.05) is 23.6 Å². The summed E-state index contributed by atoms with van der Waals surface area (Å²) in [7, 11) is 0. The molecule has 0 bridgehead atoms. The Kier molecular flexibility index (Phi) is 6.00. The van der Waals surface area contributed by atoms with E-state index in [0.717, 1.165) is 16.3 Å². The predicted molar refractivity (Wildman–Crippen MR) is 98.6 cm³/mol. The molecule has 1 aromatic carbocycles. The molecule has 0 saturated carbocycles. The average Bonchev–Trinajstić information content (AvgIpc) is 3.10. The van der Waals surface area contributed by atoms with Crippen LogP contribution >= 0.6 is 11.3 Å². The van der Waals surface area contributed by atoms with Crippen molar-refractivity contribution in [3.05, 3.63) is 52.0 Å². The number of ether oxygens (including phenoxy) is 2. The van der Waals surface area contributed by atoms with E-state index in [1.807, 2.05) is 36.6 Å². The number of nitrogens with zero attached hydrogens (tertiary/aromatic N) is 3. The molecule has 1 unspecified atom stereocenters. The quantitative estimate of drug-likeness (QED) is 0.758. The lowest BCUT2D eigenvalue weighted by atomic mass is 10.1. The Balaban J connectivity index is 1.68. The van der Waals surface area contributed by atoms with E-state index in [1.165, 1.54) is 11.0 Å². The number of hydrogen-bond acceptors (Lipinski definition) is 6. The number of para-hydroxylation sites is 1. The van der Waals surface area contributed by atoms with Crippen LogP contribution in [0.25, 0.3) is 6.08 Å². The van der Waals surface area contributed by atoms with Crippen LogP contribution < -0.4 is 4.74 Å². The number of thiazole rings is 1. The highest BCUT2D eigenvalue weighted by Gasteiger charge is 2.25. The number of benzene rings is 1. The Morgan fingerprint density at radius 3 is 3.15 bits per heavy atom. The minimum Gasteiger partial charge on any atom is -0.487 e. The maximum Gasteiger partial charge on any atom is 0.247 e. The highest BCUT2D eigenvalue weighted by atomic mass is 32.1. The number of hydrogen-bond donors (Lipinski definition) is 0. The Morgan fingerprint density at radius 1 is 1.54 bits per heavy atom. The molecule has 1 saturated heterocycles. The third kappa shape index (κ3) is 4.48. The molecule has 7 heteroatoms. The first-order chi connectivity index (χ1) is 12.7. The van der Waals surface area contributed by atoms with E-state index in [4.69, 9.17) is 14.7 Å². The van der Waals surface area contributed by atoms with Crippen molar-refractivity contribution in [2.75, 3.05) is 19.8 Å². The first-order valence-corrected chi connectivity index (χ1v) is 9.14. The first kappa shape index (κ1) is 18.1. The second kappa shape index (κ2) is 8.61. The van der Waals surface area contributed by atoms with Gasteiger partial charge in [-0.15, -0.1) is 11.3 Å². The van der Waals surface area contributed by atoms with Crippen molar-refractivity contribution in [1.82, 2.24) is 9.88 Å². The number of amides is 1. The molecule has 0 spiro atoms. The van der Waals surface area contributed by atoms with E-state index in [1.54, 1.807) is 17.4 Å². The summed E-state index contributed by atoms with van der Waals surface area (Å²) in [6.07, 6.45) is 3.19. The molecule has 3 rings (SSSR count). The third-order valence-corrected chi connectivity index (χ3v) is 4.75. The van der Waals surface area contributed by atoms with Gasteiger partial charge in [0.1, 0.15) is 18.4 Å². The molecule has 1 aliphatic rings. The molecule has 26 heavy (non-hydrogen) atoms. The molecule has 1 aliphatic heterocycles. The summed E-state index contributed by atoms with van der Waals surface area (Å²) in [5, 5.41) is 12.1. The summed E-state index contributed by atoms with van der Waals surface area (Å²) < 4.78 is 11.1. The van der Waals surface area contributed by atoms with Gasteiger partial charge in [-0.2, -0.15) is 5.26 Å². The maximum absolute atomic E-state index is 12.4. The molecule has 1 atom stereocenters. The standard InChI is InChI=1S/C19H19N3O3S/c1-14-21-16(13-26-14)11-25-18-5-3-2-4-15(18)6-7-19(23)22-8-9-24-12-17(22)10-20/h2-7,13,17H,8-9,11-12H2,1H3/b7-6+. The number of carbonyl (C=O) groups is 1. The number of aromatic nitrogens is 1. The topological polar surface area (TPSA) is 75.4 Å². The van der Waals surface area contributed by atoms with Gasteiger partial charge in [-0.1, -0.05) is 18.2 Å². The summed E-state index contributed by atoms with van der Waals surface area (Å²) >= 11 is 1.58. The average molecular weight is 369 g/mol. The minimum atomic E-state index is -0.541. The van der Waals surface area contributed by atoms with E-state index in [9.17, 15) is 4.79 Å². The molecular formula is C19H19N3O3S. The van der Waals surface area contributed by atoms with Crippen molar-refractivity contribution < 1.29 is 14.3 Å². The van der Waals surface area contributed by atoms with E-state index >= 15 is 0 Å². The normalized spacial score (nSPS) is 17.2. The molecule has 0 radical (unpaired) electrons. The summed E-state index contributed by atoms with van der Waals surface area (Å²) in [6.45, 7) is 3.45. The molecule has 0 aliphatic carbocycles. The van der Waals surface area contributed by atoms with Crippen LogP contribution in [-0.4, -0.2) is 41.6 Å². The van der Waals surface area contributed by atoms with Crippen LogP contribution in [0.1, 0.15) is 16.3 Å². The second-order valence-corrected chi connectivity index (χ2v) is 6.83. The van der Waals surface area contributed by atoms with Gasteiger partial charge >= 0.3 is 0 Å². The monoisotopic (exact) mass is 369 g/mol. The van der Waals surface area contributed by atoms with E-state index in [-0.39, 0.29) is 12.5 Å². The smallest absolute Gasteiger partial charge is 0.247 e. The predicted octanol–water partition coefficient (Wildman–Crippen LogP) is 2.79. The van der Waals surface area contributed by atoms with Crippen LogP contribution in [0.2, 0.25) is 0 Å². The van der Waals surface area contributed by atoms with E-state index in [0.29, 0.717) is 25.5 Å². The van der Waals surface area contributed by atoms with Gasteiger partial charge in [0.05, 0.1) is 30.0 Å². The van der Waals surface area contributed by atoms with Crippen LogP contribution in [0, 0.1) is 18.3 Å². The van der Waals surface area contributed by atoms with Crippen LogP contribution in [0.5, 0.6) is 5.75 Å². The largest absolute Gasteiger partial charge is 0.487 e. The summed E-state index contributed by atoms with van der Waals surface area (Å²) in [5.74, 6) is 0.478. The fraction of sp³-hybridized carbons (Fsp3) is 0.316. The summed E-state index contributed by atoms with van der Waals surface area (Å²) in [5.41, 5.74) is 1.68. The van der Waals surface area contributed by atoms with Crippen molar-refractivity contribution >= 4 is 23.3 Å². The highest BCUT2D eigenvalue weighted by molar-refractivity contribution is 7.09. The van der Waals surface area contributed by atoms with Gasteiger partial charge in [-0.25, -0.2) is 4.98 Å². The zero-order valence-corrected chi connectivity index (χ0v) is 15.2. The molecule has 1 aromatic heterocycles. The summed E-state index contributed by atoms with van der Waals surface area (Å²) in [6, 6.07) is 9.07. The summed E-state index contributed by atoms with van der Waals surface area (Å²) in [4.78, 5) is 18.3. The van der Waals surface area contributed by atoms with Crippen LogP contribution in [0.15, 0.2) is 35.7 Å². The Bertz CT molecular complexity index is 841. The van der Waals surface area contributed by atoms with Gasteiger partial charge in [-0.3, -0.25) is 4.79 Å². The van der Waals surface area contributed by atoms with E-state index in [2.05, 4.69) is 11.1 Å². The molecule has 2 heterocycles. The highest BCUT2D eigenvalue weighted by Crippen LogP contribution is 2.21. The molecule has 1 fully saturated rings. The molecular weight excluding hydrogens is 350 g/mol. The van der Waals surface area contributed by atoms with Gasteiger partial charge in [-0.05, 0) is 19.1 Å². The zero-order valence-electron chi connectivity index (χ0n) is 14.4. The van der Waals surface area contributed by atoms with Gasteiger partial charge in [0.25, 0.3) is 0 Å². The Hall–Kier alpha value is -2.69. The molecule has 2 aromatic rings. The van der Waals surface area contributed by atoms with Crippen molar-refractivity contribution in [2.45, 2.75) is 19.6 Å². The Morgan fingerprint density at radius 2 is 2.38 bits per heavy atom. The van der Waals surface area contributed by atoms with Crippen molar-refractivity contribution in [1.29, 1.82) is 5.26 Å². The SMILES string of the molecule is Cc1nc(COc2ccccc2/C=C/C(=O)N2CCOCC2C#N)cs1. The number of nitriles is 1. The first-order valence-electron chi connectivity index (χ1n) is 8.26. The van der Waals surface area contributed by atoms with Gasteiger partial charge < -0.3 is 14.4 Å². The molecule has 134 valence electrons. The fourth-order valence-corrected chi connectivity index (χ4v) is 3.20. The van der Waals surface area contributed by atoms with Crippen LogP contribution in [-0.2, 0) is 16.1 Å². The number of rotatable bonds is 5. The number of carbonyl (C=O) groups excluding carboxylic acids is 1. The lowest BCUT2D eigenvalue weighted by Crippen LogP contribution is -2.47. The molecule has 1 amide bonds. The lowest BCUT2D eigenvalue weighted by molar-refractivity contribution is -0.132. The van der Waals surface area contributed by atoms with Gasteiger partial charge in [0.2, 0.25) is 5.91 Å². The second-order valence-electron chi connectivity index (χ2n) is 5.77. The van der Waals surface area contributed by atoms with Crippen LogP contribution in [0.3, 0.4) is 0 Å².